The van der Waals surface area contributed by atoms with Gasteiger partial charge in [-0.1, -0.05) is 12.2 Å². The molecule has 0 unspecified atom stereocenters. The third kappa shape index (κ3) is 3.39. The summed E-state index contributed by atoms with van der Waals surface area (Å²) in [5.74, 6) is -1.96. The van der Waals surface area contributed by atoms with E-state index in [1.807, 2.05) is 0 Å². The number of carbonyl (C=O) groups excluding carboxylic acids is 1. The van der Waals surface area contributed by atoms with Gasteiger partial charge in [0, 0.05) is 6.54 Å². The smallest absolute Gasteiger partial charge is 0.344 e. The minimum atomic E-state index is -4.81. The maximum Gasteiger partial charge on any atom is 0.471 e. The van der Waals surface area contributed by atoms with Crippen LogP contribution in [0.1, 0.15) is 0 Å². The number of thiocarbonyl (C=S) groups is 1. The minimum absolute atomic E-state index is 0.242. The summed E-state index contributed by atoms with van der Waals surface area (Å²) < 4.78 is 33.9. The van der Waals surface area contributed by atoms with Crippen LogP contribution in [0.5, 0.6) is 0 Å². The molecule has 2 nitrogen and oxygen atoms in total. The van der Waals surface area contributed by atoms with Gasteiger partial charge in [-0.15, -0.1) is 0 Å². The zero-order valence-corrected chi connectivity index (χ0v) is 5.55. The normalized spacial score (nSPS) is 10.7. The summed E-state index contributed by atoms with van der Waals surface area (Å²) in [6, 6.07) is 0. The largest absolute Gasteiger partial charge is 0.471 e. The lowest BCUT2D eigenvalue weighted by molar-refractivity contribution is -0.173. The first-order valence-corrected chi connectivity index (χ1v) is 2.74. The Bertz CT molecular complexity index is 144. The molecular weight excluding hydrogens is 167 g/mol. The zero-order chi connectivity index (χ0) is 8.20. The third-order valence-corrected chi connectivity index (χ3v) is 0.770. The van der Waals surface area contributed by atoms with Crippen LogP contribution in [0.3, 0.4) is 0 Å². The lowest BCUT2D eigenvalue weighted by atomic mass is 10.6. The van der Waals surface area contributed by atoms with Gasteiger partial charge in [0.1, 0.15) is 0 Å². The Balaban J connectivity index is 3.74. The van der Waals surface area contributed by atoms with E-state index in [1.165, 1.54) is 0 Å². The van der Waals surface area contributed by atoms with Gasteiger partial charge in [0.05, 0.1) is 0 Å². The lowest BCUT2D eigenvalue weighted by Gasteiger charge is -2.03. The number of amides is 1. The molecule has 0 atom stereocenters. The van der Waals surface area contributed by atoms with Gasteiger partial charge in [0.25, 0.3) is 0 Å². The summed E-state index contributed by atoms with van der Waals surface area (Å²) >= 11 is 4.19. The molecule has 0 aromatic heterocycles. The van der Waals surface area contributed by atoms with Gasteiger partial charge in [-0.3, -0.25) is 4.79 Å². The average Bonchev–Trinajstić information content (AvgIpc) is 1.80. The molecular formula is C4H4F3NOS. The van der Waals surface area contributed by atoms with Crippen LogP contribution in [0.15, 0.2) is 0 Å². The maximum absolute atomic E-state index is 11.3. The predicted molar refractivity (Wildman–Crippen MR) is 32.7 cm³/mol. The molecule has 0 aromatic carbocycles. The van der Waals surface area contributed by atoms with E-state index in [9.17, 15) is 18.0 Å². The second kappa shape index (κ2) is 3.50. The van der Waals surface area contributed by atoms with E-state index in [0.29, 0.717) is 0 Å². The first kappa shape index (κ1) is 9.35. The average molecular weight is 171 g/mol. The molecule has 58 valence electrons. The van der Waals surface area contributed by atoms with E-state index in [2.05, 4.69) is 12.2 Å². The minimum Gasteiger partial charge on any atom is -0.344 e. The van der Waals surface area contributed by atoms with Crippen LogP contribution in [0.4, 0.5) is 13.2 Å². The van der Waals surface area contributed by atoms with E-state index in [4.69, 9.17) is 0 Å². The fraction of sp³-hybridized carbons (Fsp3) is 0.500. The number of alkyl halides is 3. The van der Waals surface area contributed by atoms with Crippen LogP contribution in [0.25, 0.3) is 0 Å². The van der Waals surface area contributed by atoms with Gasteiger partial charge in [-0.25, -0.2) is 0 Å². The second-order valence-corrected chi connectivity index (χ2v) is 1.71. The molecule has 0 radical (unpaired) electrons. The highest BCUT2D eigenvalue weighted by Gasteiger charge is 2.37. The molecule has 0 rings (SSSR count). The molecule has 0 aliphatic heterocycles. The maximum atomic E-state index is 11.3. The van der Waals surface area contributed by atoms with Gasteiger partial charge < -0.3 is 5.32 Å². The first-order chi connectivity index (χ1) is 4.48. The Labute approximate surface area is 60.4 Å². The van der Waals surface area contributed by atoms with Crippen molar-refractivity contribution in [3.05, 3.63) is 0 Å². The van der Waals surface area contributed by atoms with Crippen LogP contribution < -0.4 is 5.32 Å². The third-order valence-electron chi connectivity index (χ3n) is 0.603. The van der Waals surface area contributed by atoms with Gasteiger partial charge in [0.15, 0.2) is 0 Å². The summed E-state index contributed by atoms with van der Waals surface area (Å²) in [6.07, 6.45) is -4.81. The Morgan fingerprint density at radius 3 is 2.40 bits per heavy atom. The fourth-order valence-corrected chi connectivity index (χ4v) is 0.318. The first-order valence-electron chi connectivity index (χ1n) is 2.27. The molecule has 0 heterocycles. The van der Waals surface area contributed by atoms with E-state index in [0.717, 1.165) is 5.37 Å². The van der Waals surface area contributed by atoms with Gasteiger partial charge in [-0.2, -0.15) is 13.2 Å². The van der Waals surface area contributed by atoms with Crippen molar-refractivity contribution in [1.29, 1.82) is 0 Å². The molecule has 0 fully saturated rings. The second-order valence-electron chi connectivity index (χ2n) is 1.37. The van der Waals surface area contributed by atoms with E-state index in [1.54, 1.807) is 5.32 Å². The Morgan fingerprint density at radius 1 is 1.60 bits per heavy atom. The predicted octanol–water partition coefficient (Wildman–Crippen LogP) is 0.665. The highest BCUT2D eigenvalue weighted by atomic mass is 32.1. The molecule has 1 amide bonds. The van der Waals surface area contributed by atoms with Gasteiger partial charge in [0.2, 0.25) is 0 Å². The summed E-state index contributed by atoms with van der Waals surface area (Å²) in [4.78, 5) is 9.92. The fourth-order valence-electron chi connectivity index (χ4n) is 0.235. The SMILES string of the molecule is O=C(NCC=S)C(F)(F)F. The Hall–Kier alpha value is -0.650. The lowest BCUT2D eigenvalue weighted by Crippen LogP contribution is -2.37. The highest BCUT2D eigenvalue weighted by molar-refractivity contribution is 7.79. The van der Waals surface area contributed by atoms with Crippen molar-refractivity contribution in [3.8, 4) is 0 Å². The summed E-state index contributed by atoms with van der Waals surface area (Å²) in [5.41, 5.74) is 0. The number of carbonyl (C=O) groups is 1. The van der Waals surface area contributed by atoms with E-state index < -0.39 is 12.1 Å². The number of hydrogen-bond donors (Lipinski definition) is 1. The molecule has 0 bridgehead atoms. The number of hydrogen-bond acceptors (Lipinski definition) is 2. The zero-order valence-electron chi connectivity index (χ0n) is 4.73. The van der Waals surface area contributed by atoms with Crippen molar-refractivity contribution in [2.24, 2.45) is 0 Å². The summed E-state index contributed by atoms with van der Waals surface area (Å²) in [5, 5.41) is 2.55. The van der Waals surface area contributed by atoms with Crippen molar-refractivity contribution in [2.75, 3.05) is 6.54 Å². The number of halogens is 3. The van der Waals surface area contributed by atoms with Crippen molar-refractivity contribution < 1.29 is 18.0 Å². The summed E-state index contributed by atoms with van der Waals surface area (Å²) in [7, 11) is 0. The number of nitrogens with one attached hydrogen (secondary N) is 1. The van der Waals surface area contributed by atoms with E-state index >= 15 is 0 Å². The molecule has 0 saturated carbocycles. The van der Waals surface area contributed by atoms with Crippen molar-refractivity contribution >= 4 is 23.5 Å². The Kier molecular flexibility index (Phi) is 3.27. The van der Waals surface area contributed by atoms with Crippen LogP contribution in [-0.2, 0) is 4.79 Å². The molecule has 6 heteroatoms. The summed E-state index contributed by atoms with van der Waals surface area (Å²) in [6.45, 7) is -0.242. The van der Waals surface area contributed by atoms with Crippen LogP contribution in [0, 0.1) is 0 Å². The number of rotatable bonds is 2. The molecule has 0 aliphatic carbocycles. The molecule has 10 heavy (non-hydrogen) atoms. The molecule has 0 aliphatic rings. The van der Waals surface area contributed by atoms with Crippen LogP contribution >= 0.6 is 12.2 Å². The van der Waals surface area contributed by atoms with Gasteiger partial charge >= 0.3 is 12.1 Å². The molecule has 0 saturated heterocycles. The van der Waals surface area contributed by atoms with Gasteiger partial charge in [-0.05, 0) is 5.37 Å². The highest BCUT2D eigenvalue weighted by Crippen LogP contribution is 2.13. The van der Waals surface area contributed by atoms with Crippen molar-refractivity contribution in [1.82, 2.24) is 5.32 Å². The molecule has 1 N–H and O–H groups in total. The Morgan fingerprint density at radius 2 is 2.10 bits per heavy atom. The van der Waals surface area contributed by atoms with Crippen molar-refractivity contribution in [2.45, 2.75) is 6.18 Å². The standard InChI is InChI=1S/C4H4F3NOS/c5-4(6,7)3(9)8-1-2-10/h2H,1H2,(H,8,9). The van der Waals surface area contributed by atoms with E-state index in [-0.39, 0.29) is 6.54 Å². The topological polar surface area (TPSA) is 29.1 Å². The molecule has 0 spiro atoms. The van der Waals surface area contributed by atoms with Crippen LogP contribution in [0.2, 0.25) is 0 Å². The van der Waals surface area contributed by atoms with Crippen molar-refractivity contribution in [3.63, 3.8) is 0 Å². The molecule has 0 aromatic rings. The quantitative estimate of drug-likeness (QED) is 0.618. The van der Waals surface area contributed by atoms with Crippen LogP contribution in [-0.4, -0.2) is 24.0 Å². The monoisotopic (exact) mass is 171 g/mol.